The maximum atomic E-state index is 5.99. The van der Waals surface area contributed by atoms with Gasteiger partial charge in [0.2, 0.25) is 5.95 Å². The van der Waals surface area contributed by atoms with Crippen molar-refractivity contribution in [2.24, 2.45) is 11.8 Å². The van der Waals surface area contributed by atoms with Crippen LogP contribution in [0, 0.1) is 18.8 Å². The maximum absolute atomic E-state index is 5.99. The average molecular weight is 369 g/mol. The summed E-state index contributed by atoms with van der Waals surface area (Å²) in [5.74, 6) is 4.30. The van der Waals surface area contributed by atoms with E-state index >= 15 is 0 Å². The predicted octanol–water partition coefficient (Wildman–Crippen LogP) is 2.84. The van der Waals surface area contributed by atoms with Crippen molar-refractivity contribution >= 4 is 17.5 Å². The van der Waals surface area contributed by atoms with Gasteiger partial charge in [0.1, 0.15) is 5.82 Å². The van der Waals surface area contributed by atoms with E-state index in [1.54, 1.807) is 13.2 Å². The summed E-state index contributed by atoms with van der Waals surface area (Å²) in [5.41, 5.74) is 7.44. The molecule has 1 aliphatic carbocycles. The third-order valence-electron chi connectivity index (χ3n) is 5.22. The van der Waals surface area contributed by atoms with Crippen molar-refractivity contribution in [3.05, 3.63) is 30.0 Å². The first kappa shape index (κ1) is 17.9. The molecule has 0 radical (unpaired) electrons. The first-order valence-corrected chi connectivity index (χ1v) is 9.52. The van der Waals surface area contributed by atoms with Crippen LogP contribution in [-0.4, -0.2) is 48.2 Å². The van der Waals surface area contributed by atoms with Gasteiger partial charge < -0.3 is 25.4 Å². The molecule has 4 rings (SSSR count). The van der Waals surface area contributed by atoms with Crippen LogP contribution in [0.1, 0.15) is 18.5 Å². The number of nitrogens with zero attached hydrogens (tertiary/aromatic N) is 3. The number of fused-ring (bicyclic) bond motifs is 1. The molecule has 1 saturated heterocycles. The summed E-state index contributed by atoms with van der Waals surface area (Å²) in [6.45, 7) is 6.19. The van der Waals surface area contributed by atoms with Crippen molar-refractivity contribution in [2.45, 2.75) is 19.8 Å². The van der Waals surface area contributed by atoms with Crippen LogP contribution >= 0.6 is 0 Å². The highest BCUT2D eigenvalue weighted by molar-refractivity contribution is 5.60. The topological polar surface area (TPSA) is 85.5 Å². The van der Waals surface area contributed by atoms with Gasteiger partial charge in [-0.25, -0.2) is 4.98 Å². The van der Waals surface area contributed by atoms with Crippen LogP contribution in [0.15, 0.2) is 24.3 Å². The first-order valence-electron chi connectivity index (χ1n) is 9.52. The maximum Gasteiger partial charge on any atom is 0.229 e. The van der Waals surface area contributed by atoms with Crippen molar-refractivity contribution in [3.8, 4) is 11.5 Å². The first-order chi connectivity index (χ1) is 13.1. The average Bonchev–Trinajstić information content (AvgIpc) is 3.24. The summed E-state index contributed by atoms with van der Waals surface area (Å²) in [5, 5.41) is 3.18. The molecule has 2 aliphatic rings. The van der Waals surface area contributed by atoms with Crippen LogP contribution in [0.25, 0.3) is 0 Å². The standard InChI is InChI=1S/C20H27N5O2/c1-13-8-19(21)24-20(22-13)23-16-4-5-17(26-2)18(10-16)27-7-3-6-25-11-14-9-15(14)12-25/h4-5,8,10,14-15H,3,6-7,9,11-12H2,1-2H3,(H3,21,22,23,24). The van der Waals surface area contributed by atoms with Gasteiger partial charge in [-0.15, -0.1) is 0 Å². The second kappa shape index (κ2) is 7.60. The van der Waals surface area contributed by atoms with Gasteiger partial charge in [-0.2, -0.15) is 4.98 Å². The Labute approximate surface area is 159 Å². The highest BCUT2D eigenvalue weighted by atomic mass is 16.5. The van der Waals surface area contributed by atoms with Gasteiger partial charge in [0, 0.05) is 43.1 Å². The number of anilines is 3. The fraction of sp³-hybridized carbons (Fsp3) is 0.500. The largest absolute Gasteiger partial charge is 0.493 e. The Bertz CT molecular complexity index is 783. The van der Waals surface area contributed by atoms with Crippen molar-refractivity contribution in [1.29, 1.82) is 0 Å². The van der Waals surface area contributed by atoms with E-state index in [-0.39, 0.29) is 0 Å². The number of aromatic nitrogens is 2. The lowest BCUT2D eigenvalue weighted by molar-refractivity contribution is 0.243. The van der Waals surface area contributed by atoms with E-state index in [4.69, 9.17) is 15.2 Å². The molecule has 2 unspecified atom stereocenters. The number of nitrogens with one attached hydrogen (secondary N) is 1. The molecule has 2 aromatic rings. The van der Waals surface area contributed by atoms with Crippen LogP contribution in [0.2, 0.25) is 0 Å². The molecule has 27 heavy (non-hydrogen) atoms. The monoisotopic (exact) mass is 369 g/mol. The number of hydrogen-bond acceptors (Lipinski definition) is 7. The number of piperidine rings is 1. The number of methoxy groups -OCH3 is 1. The zero-order chi connectivity index (χ0) is 18.8. The second-order valence-electron chi connectivity index (χ2n) is 7.47. The molecule has 1 saturated carbocycles. The van der Waals surface area contributed by atoms with Crippen molar-refractivity contribution in [2.75, 3.05) is 44.4 Å². The molecule has 0 spiro atoms. The van der Waals surface area contributed by atoms with Gasteiger partial charge in [0.05, 0.1) is 13.7 Å². The Hall–Kier alpha value is -2.54. The lowest BCUT2D eigenvalue weighted by Gasteiger charge is -2.18. The minimum atomic E-state index is 0.439. The molecule has 7 nitrogen and oxygen atoms in total. The van der Waals surface area contributed by atoms with Gasteiger partial charge in [-0.1, -0.05) is 0 Å². The molecule has 0 amide bonds. The second-order valence-corrected chi connectivity index (χ2v) is 7.47. The molecule has 2 fully saturated rings. The van der Waals surface area contributed by atoms with E-state index in [0.717, 1.165) is 36.2 Å². The van der Waals surface area contributed by atoms with Gasteiger partial charge in [0.15, 0.2) is 11.5 Å². The highest BCUT2D eigenvalue weighted by Crippen LogP contribution is 2.44. The molecule has 1 aromatic carbocycles. The SMILES string of the molecule is COc1ccc(Nc2nc(C)cc(N)n2)cc1OCCCN1CC2CC2C1. The third kappa shape index (κ3) is 4.42. The Kier molecular flexibility index (Phi) is 5.03. The fourth-order valence-corrected chi connectivity index (χ4v) is 3.79. The van der Waals surface area contributed by atoms with Gasteiger partial charge in [-0.3, -0.25) is 0 Å². The number of hydrogen-bond donors (Lipinski definition) is 2. The number of benzene rings is 1. The van der Waals surface area contributed by atoms with E-state index in [0.29, 0.717) is 29.9 Å². The molecule has 2 heterocycles. The van der Waals surface area contributed by atoms with E-state index < -0.39 is 0 Å². The molecule has 144 valence electrons. The van der Waals surface area contributed by atoms with Crippen molar-refractivity contribution in [1.82, 2.24) is 14.9 Å². The minimum absolute atomic E-state index is 0.439. The van der Waals surface area contributed by atoms with Gasteiger partial charge >= 0.3 is 0 Å². The Morgan fingerprint density at radius 2 is 2.00 bits per heavy atom. The van der Waals surface area contributed by atoms with Crippen LogP contribution in [0.3, 0.4) is 0 Å². The summed E-state index contributed by atoms with van der Waals surface area (Å²) in [4.78, 5) is 11.1. The van der Waals surface area contributed by atoms with E-state index in [2.05, 4.69) is 20.2 Å². The Morgan fingerprint density at radius 1 is 1.19 bits per heavy atom. The van der Waals surface area contributed by atoms with E-state index in [1.165, 1.54) is 19.5 Å². The van der Waals surface area contributed by atoms with Gasteiger partial charge in [0.25, 0.3) is 0 Å². The zero-order valence-corrected chi connectivity index (χ0v) is 15.9. The van der Waals surface area contributed by atoms with Crippen molar-refractivity contribution in [3.63, 3.8) is 0 Å². The summed E-state index contributed by atoms with van der Waals surface area (Å²) in [6, 6.07) is 7.43. The summed E-state index contributed by atoms with van der Waals surface area (Å²) < 4.78 is 11.4. The van der Waals surface area contributed by atoms with E-state index in [1.807, 2.05) is 25.1 Å². The summed E-state index contributed by atoms with van der Waals surface area (Å²) in [7, 11) is 1.65. The normalized spacial score (nSPS) is 21.0. The van der Waals surface area contributed by atoms with Crippen LogP contribution in [0.4, 0.5) is 17.5 Å². The number of nitrogen functional groups attached to an aromatic ring is 1. The molecule has 2 atom stereocenters. The third-order valence-corrected chi connectivity index (χ3v) is 5.22. The number of rotatable bonds is 8. The van der Waals surface area contributed by atoms with E-state index in [9.17, 15) is 0 Å². The lowest BCUT2D eigenvalue weighted by Crippen LogP contribution is -2.25. The minimum Gasteiger partial charge on any atom is -0.493 e. The number of likely N-dealkylation sites (tertiary alicyclic amines) is 1. The number of aryl methyl sites for hydroxylation is 1. The summed E-state index contributed by atoms with van der Waals surface area (Å²) in [6.07, 6.45) is 2.46. The van der Waals surface area contributed by atoms with Crippen molar-refractivity contribution < 1.29 is 9.47 Å². The van der Waals surface area contributed by atoms with Crippen LogP contribution in [0.5, 0.6) is 11.5 Å². The van der Waals surface area contributed by atoms with Crippen LogP contribution in [-0.2, 0) is 0 Å². The molecule has 1 aromatic heterocycles. The smallest absolute Gasteiger partial charge is 0.229 e. The zero-order valence-electron chi connectivity index (χ0n) is 15.9. The lowest BCUT2D eigenvalue weighted by atomic mass is 10.2. The Morgan fingerprint density at radius 3 is 2.74 bits per heavy atom. The molecule has 7 heteroatoms. The van der Waals surface area contributed by atoms with Gasteiger partial charge in [-0.05, 0) is 43.7 Å². The predicted molar refractivity (Wildman–Crippen MR) is 106 cm³/mol. The quantitative estimate of drug-likeness (QED) is 0.692. The molecular formula is C20H27N5O2. The summed E-state index contributed by atoms with van der Waals surface area (Å²) >= 11 is 0. The van der Waals surface area contributed by atoms with Crippen LogP contribution < -0.4 is 20.5 Å². The molecule has 3 N–H and O–H groups in total. The highest BCUT2D eigenvalue weighted by Gasteiger charge is 2.44. The Balaban J connectivity index is 1.34. The molecular weight excluding hydrogens is 342 g/mol. The number of nitrogens with two attached hydrogens (primary N) is 1. The molecule has 1 aliphatic heterocycles. The fourth-order valence-electron chi connectivity index (χ4n) is 3.79. The number of ether oxygens (including phenoxy) is 2. The molecule has 0 bridgehead atoms.